The summed E-state index contributed by atoms with van der Waals surface area (Å²) in [5.41, 5.74) is 1.77. The third kappa shape index (κ3) is 2.68. The lowest BCUT2D eigenvalue weighted by molar-refractivity contribution is 0.391. The van der Waals surface area contributed by atoms with Crippen LogP contribution in [0, 0.1) is 5.92 Å². The Balaban J connectivity index is 2.62. The van der Waals surface area contributed by atoms with Crippen LogP contribution in [0.5, 0.6) is 5.88 Å². The highest BCUT2D eigenvalue weighted by molar-refractivity contribution is 6.17. The molecule has 1 unspecified atom stereocenters. The number of hydrogen-bond donors (Lipinski definition) is 0. The zero-order chi connectivity index (χ0) is 14.0. The summed E-state index contributed by atoms with van der Waals surface area (Å²) in [6.45, 7) is 6.58. The molecule has 0 aliphatic heterocycles. The van der Waals surface area contributed by atoms with Crippen molar-refractivity contribution >= 4 is 22.8 Å². The van der Waals surface area contributed by atoms with Crippen LogP contribution in [-0.2, 0) is 6.42 Å². The molecule has 0 bridgehead atoms. The minimum Gasteiger partial charge on any atom is -0.481 e. The first-order valence-electron chi connectivity index (χ1n) is 6.56. The fourth-order valence-electron chi connectivity index (χ4n) is 2.10. The fraction of sp³-hybridized carbons (Fsp3) is 0.571. The van der Waals surface area contributed by atoms with Crippen LogP contribution in [0.4, 0.5) is 0 Å². The molecule has 0 fully saturated rings. The predicted molar refractivity (Wildman–Crippen MR) is 78.1 cm³/mol. The van der Waals surface area contributed by atoms with E-state index >= 15 is 0 Å². The van der Waals surface area contributed by atoms with Crippen molar-refractivity contribution in [2.45, 2.75) is 33.2 Å². The van der Waals surface area contributed by atoms with Gasteiger partial charge in [0.15, 0.2) is 5.65 Å². The van der Waals surface area contributed by atoms with E-state index in [-0.39, 0.29) is 0 Å². The number of pyridine rings is 1. The molecule has 19 heavy (non-hydrogen) atoms. The number of alkyl halides is 1. The van der Waals surface area contributed by atoms with Crippen molar-refractivity contribution in [3.63, 3.8) is 0 Å². The van der Waals surface area contributed by atoms with Gasteiger partial charge in [-0.15, -0.1) is 11.6 Å². The summed E-state index contributed by atoms with van der Waals surface area (Å²) in [5, 5.41) is 0. The van der Waals surface area contributed by atoms with Gasteiger partial charge in [-0.2, -0.15) is 4.98 Å². The zero-order valence-corrected chi connectivity index (χ0v) is 12.6. The molecule has 0 aliphatic carbocycles. The summed E-state index contributed by atoms with van der Waals surface area (Å²) >= 11 is 5.88. The van der Waals surface area contributed by atoms with E-state index in [4.69, 9.17) is 16.3 Å². The van der Waals surface area contributed by atoms with E-state index < -0.39 is 0 Å². The zero-order valence-electron chi connectivity index (χ0n) is 11.9. The van der Waals surface area contributed by atoms with Crippen LogP contribution in [0.15, 0.2) is 12.1 Å². The van der Waals surface area contributed by atoms with Crippen molar-refractivity contribution in [2.75, 3.05) is 13.0 Å². The molecule has 1 atom stereocenters. The minimum atomic E-state index is 0.322. The average Bonchev–Trinajstić information content (AvgIpc) is 2.75. The van der Waals surface area contributed by atoms with Crippen LogP contribution < -0.4 is 4.74 Å². The standard InChI is InChI=1S/C14H20ClN3O/c1-9(2)10(3)18-12(7-8-15)16-11-5-6-13(19-4)17-14(11)18/h5-6,9-10H,7-8H2,1-4H3. The number of ether oxygens (including phenoxy) is 1. The molecule has 5 heteroatoms. The summed E-state index contributed by atoms with van der Waals surface area (Å²) in [5.74, 6) is 2.67. The number of fused-ring (bicyclic) bond motifs is 1. The van der Waals surface area contributed by atoms with Crippen molar-refractivity contribution in [2.24, 2.45) is 5.92 Å². The van der Waals surface area contributed by atoms with Crippen LogP contribution in [-0.4, -0.2) is 27.5 Å². The minimum absolute atomic E-state index is 0.322. The van der Waals surface area contributed by atoms with Crippen LogP contribution in [0.2, 0.25) is 0 Å². The Kier molecular flexibility index (Phi) is 4.30. The number of halogens is 1. The van der Waals surface area contributed by atoms with Gasteiger partial charge in [-0.05, 0) is 18.9 Å². The van der Waals surface area contributed by atoms with Gasteiger partial charge in [-0.25, -0.2) is 4.98 Å². The summed E-state index contributed by atoms with van der Waals surface area (Å²) in [4.78, 5) is 9.18. The Hall–Kier alpha value is -1.29. The molecule has 0 radical (unpaired) electrons. The van der Waals surface area contributed by atoms with E-state index in [1.54, 1.807) is 7.11 Å². The first-order valence-corrected chi connectivity index (χ1v) is 7.09. The van der Waals surface area contributed by atoms with Crippen molar-refractivity contribution < 1.29 is 4.74 Å². The Bertz CT molecular complexity index is 565. The van der Waals surface area contributed by atoms with Crippen molar-refractivity contribution in [1.29, 1.82) is 0 Å². The van der Waals surface area contributed by atoms with Gasteiger partial charge < -0.3 is 9.30 Å². The molecule has 0 spiro atoms. The van der Waals surface area contributed by atoms with Gasteiger partial charge in [0, 0.05) is 24.4 Å². The molecule has 4 nitrogen and oxygen atoms in total. The molecular weight excluding hydrogens is 262 g/mol. The Morgan fingerprint density at radius 3 is 2.58 bits per heavy atom. The maximum Gasteiger partial charge on any atom is 0.215 e. The van der Waals surface area contributed by atoms with Crippen LogP contribution in [0.25, 0.3) is 11.2 Å². The van der Waals surface area contributed by atoms with Crippen molar-refractivity contribution in [3.05, 3.63) is 18.0 Å². The van der Waals surface area contributed by atoms with Gasteiger partial charge in [-0.3, -0.25) is 0 Å². The van der Waals surface area contributed by atoms with Gasteiger partial charge >= 0.3 is 0 Å². The summed E-state index contributed by atoms with van der Waals surface area (Å²) < 4.78 is 7.39. The Morgan fingerprint density at radius 2 is 2.00 bits per heavy atom. The van der Waals surface area contributed by atoms with Crippen LogP contribution in [0.1, 0.15) is 32.6 Å². The van der Waals surface area contributed by atoms with E-state index in [1.807, 2.05) is 12.1 Å². The lowest BCUT2D eigenvalue weighted by Crippen LogP contribution is -2.15. The topological polar surface area (TPSA) is 39.9 Å². The van der Waals surface area contributed by atoms with Gasteiger partial charge in [0.1, 0.15) is 11.3 Å². The number of nitrogens with zero attached hydrogens (tertiary/aromatic N) is 3. The van der Waals surface area contributed by atoms with Gasteiger partial charge in [0.2, 0.25) is 5.88 Å². The lowest BCUT2D eigenvalue weighted by atomic mass is 10.1. The second-order valence-electron chi connectivity index (χ2n) is 5.02. The second-order valence-corrected chi connectivity index (χ2v) is 5.40. The smallest absolute Gasteiger partial charge is 0.215 e. The summed E-state index contributed by atoms with van der Waals surface area (Å²) in [7, 11) is 1.63. The second kappa shape index (κ2) is 5.78. The highest BCUT2D eigenvalue weighted by Crippen LogP contribution is 2.26. The molecule has 0 aromatic carbocycles. The Morgan fingerprint density at radius 1 is 1.26 bits per heavy atom. The number of rotatable bonds is 5. The largest absolute Gasteiger partial charge is 0.481 e. The molecule has 0 saturated carbocycles. The normalized spacial score (nSPS) is 13.2. The van der Waals surface area contributed by atoms with Gasteiger partial charge in [-0.1, -0.05) is 13.8 Å². The van der Waals surface area contributed by atoms with Crippen molar-refractivity contribution in [3.8, 4) is 5.88 Å². The van der Waals surface area contributed by atoms with Gasteiger partial charge in [0.25, 0.3) is 0 Å². The van der Waals surface area contributed by atoms with E-state index in [0.29, 0.717) is 23.7 Å². The number of imidazole rings is 1. The number of hydrogen-bond acceptors (Lipinski definition) is 3. The number of aromatic nitrogens is 3. The van der Waals surface area contributed by atoms with E-state index in [1.165, 1.54) is 0 Å². The summed E-state index contributed by atoms with van der Waals surface area (Å²) in [6, 6.07) is 4.11. The predicted octanol–water partition coefficient (Wildman–Crippen LogP) is 3.44. The van der Waals surface area contributed by atoms with E-state index in [2.05, 4.69) is 35.3 Å². The SMILES string of the molecule is COc1ccc2nc(CCCl)n(C(C)C(C)C)c2n1. The van der Waals surface area contributed by atoms with Gasteiger partial charge in [0.05, 0.1) is 7.11 Å². The third-order valence-corrected chi connectivity index (χ3v) is 3.67. The molecule has 0 aliphatic rings. The Labute approximate surface area is 118 Å². The molecule has 2 heterocycles. The molecule has 2 aromatic heterocycles. The molecule has 2 aromatic rings. The van der Waals surface area contributed by atoms with E-state index in [9.17, 15) is 0 Å². The monoisotopic (exact) mass is 281 g/mol. The maximum absolute atomic E-state index is 5.88. The van der Waals surface area contributed by atoms with E-state index in [0.717, 1.165) is 23.4 Å². The molecule has 0 amide bonds. The lowest BCUT2D eigenvalue weighted by Gasteiger charge is -2.20. The van der Waals surface area contributed by atoms with Crippen LogP contribution in [0.3, 0.4) is 0 Å². The summed E-state index contributed by atoms with van der Waals surface area (Å²) in [6.07, 6.45) is 0.747. The third-order valence-electron chi connectivity index (χ3n) is 3.48. The molecule has 0 saturated heterocycles. The molecule has 0 N–H and O–H groups in total. The average molecular weight is 282 g/mol. The number of aryl methyl sites for hydroxylation is 1. The quantitative estimate of drug-likeness (QED) is 0.788. The fourth-order valence-corrected chi connectivity index (χ4v) is 2.27. The number of methoxy groups -OCH3 is 1. The molecule has 104 valence electrons. The first-order chi connectivity index (χ1) is 9.08. The highest BCUT2D eigenvalue weighted by Gasteiger charge is 2.19. The molecular formula is C14H20ClN3O. The van der Waals surface area contributed by atoms with Crippen LogP contribution >= 0.6 is 11.6 Å². The first kappa shape index (κ1) is 14.1. The maximum atomic E-state index is 5.88. The van der Waals surface area contributed by atoms with Crippen molar-refractivity contribution in [1.82, 2.24) is 14.5 Å². The molecule has 2 rings (SSSR count). The highest BCUT2D eigenvalue weighted by atomic mass is 35.5.